The Hall–Kier alpha value is -3.17. The first kappa shape index (κ1) is 26.4. The average molecular weight is 549 g/mol. The summed E-state index contributed by atoms with van der Waals surface area (Å²) in [5.74, 6) is -0.00744. The van der Waals surface area contributed by atoms with Crippen LogP contribution in [-0.4, -0.2) is 33.2 Å². The number of nitrogens with one attached hydrogen (secondary N) is 2. The summed E-state index contributed by atoms with van der Waals surface area (Å²) in [6, 6.07) is 15.8. The van der Waals surface area contributed by atoms with E-state index in [4.69, 9.17) is 4.98 Å². The molecule has 5 rings (SSSR count). The zero-order valence-corrected chi connectivity index (χ0v) is 23.1. The van der Waals surface area contributed by atoms with Crippen LogP contribution in [0.25, 0.3) is 20.3 Å². The van der Waals surface area contributed by atoms with Crippen LogP contribution >= 0.6 is 23.1 Å². The third-order valence-corrected chi connectivity index (χ3v) is 8.96. The molecule has 0 atom stereocenters. The lowest BCUT2D eigenvalue weighted by Crippen LogP contribution is -2.36. The van der Waals surface area contributed by atoms with Crippen molar-refractivity contribution < 1.29 is 9.59 Å². The summed E-state index contributed by atoms with van der Waals surface area (Å²) >= 11 is 2.69. The van der Waals surface area contributed by atoms with Crippen molar-refractivity contribution in [1.82, 2.24) is 14.9 Å². The van der Waals surface area contributed by atoms with Gasteiger partial charge in [-0.25, -0.2) is 4.98 Å². The molecule has 0 spiro atoms. The number of aryl methyl sites for hydroxylation is 1. The van der Waals surface area contributed by atoms with E-state index in [2.05, 4.69) is 10.6 Å². The van der Waals surface area contributed by atoms with E-state index in [1.807, 2.05) is 55.5 Å². The van der Waals surface area contributed by atoms with Crippen LogP contribution in [0.3, 0.4) is 0 Å². The highest BCUT2D eigenvalue weighted by molar-refractivity contribution is 7.99. The quantitative estimate of drug-likeness (QED) is 0.201. The van der Waals surface area contributed by atoms with Crippen LogP contribution in [0.1, 0.15) is 50.5 Å². The average Bonchev–Trinajstić information content (AvgIpc) is 3.28. The summed E-state index contributed by atoms with van der Waals surface area (Å²) in [4.78, 5) is 43.7. The lowest BCUT2D eigenvalue weighted by molar-refractivity contribution is -0.122. The number of amides is 2. The van der Waals surface area contributed by atoms with Crippen LogP contribution in [0.15, 0.2) is 58.5 Å². The Morgan fingerprint density at radius 1 is 1.08 bits per heavy atom. The summed E-state index contributed by atoms with van der Waals surface area (Å²) in [5.41, 5.74) is 2.35. The van der Waals surface area contributed by atoms with Gasteiger partial charge in [0.2, 0.25) is 11.8 Å². The Balaban J connectivity index is 1.33. The predicted octanol–water partition coefficient (Wildman–Crippen LogP) is 5.88. The normalized spacial score (nSPS) is 14.1. The number of thioether (sulfide) groups is 1. The van der Waals surface area contributed by atoms with Gasteiger partial charge in [0, 0.05) is 34.8 Å². The number of aromatic nitrogens is 2. The minimum absolute atomic E-state index is 0.0348. The Bertz CT molecular complexity index is 1520. The van der Waals surface area contributed by atoms with Crippen molar-refractivity contribution in [3.8, 4) is 0 Å². The fourth-order valence-electron chi connectivity index (χ4n) is 4.96. The van der Waals surface area contributed by atoms with Crippen molar-refractivity contribution in [1.29, 1.82) is 0 Å². The monoisotopic (exact) mass is 548 g/mol. The van der Waals surface area contributed by atoms with Gasteiger partial charge in [0.05, 0.1) is 11.3 Å². The van der Waals surface area contributed by atoms with Crippen molar-refractivity contribution in [2.45, 2.75) is 69.6 Å². The molecule has 1 aliphatic carbocycles. The van der Waals surface area contributed by atoms with E-state index in [0.717, 1.165) is 34.2 Å². The Morgan fingerprint density at radius 2 is 1.89 bits per heavy atom. The fraction of sp³-hybridized carbons (Fsp3) is 0.379. The molecule has 0 bridgehead atoms. The van der Waals surface area contributed by atoms with E-state index < -0.39 is 0 Å². The molecule has 0 aliphatic heterocycles. The number of benzene rings is 2. The second-order valence-electron chi connectivity index (χ2n) is 9.84. The molecule has 2 aromatic heterocycles. The van der Waals surface area contributed by atoms with Gasteiger partial charge in [-0.2, -0.15) is 0 Å². The maximum atomic E-state index is 13.6. The molecule has 0 unspecified atom stereocenters. The first-order valence-corrected chi connectivity index (χ1v) is 15.0. The van der Waals surface area contributed by atoms with E-state index in [-0.39, 0.29) is 29.2 Å². The Labute approximate surface area is 230 Å². The summed E-state index contributed by atoms with van der Waals surface area (Å²) in [6.45, 7) is 2.35. The molecule has 2 aromatic carbocycles. The second-order valence-corrected chi connectivity index (χ2v) is 11.8. The van der Waals surface area contributed by atoms with Gasteiger partial charge in [-0.1, -0.05) is 61.4 Å². The number of hydrogen-bond donors (Lipinski definition) is 2. The first-order chi connectivity index (χ1) is 18.5. The van der Waals surface area contributed by atoms with Crippen LogP contribution in [0.5, 0.6) is 0 Å². The van der Waals surface area contributed by atoms with Crippen LogP contribution in [0.2, 0.25) is 0 Å². The highest BCUT2D eigenvalue weighted by Gasteiger charge is 2.19. The molecule has 1 aliphatic rings. The van der Waals surface area contributed by atoms with E-state index in [0.29, 0.717) is 34.8 Å². The van der Waals surface area contributed by atoms with Gasteiger partial charge in [-0.3, -0.25) is 19.0 Å². The first-order valence-electron chi connectivity index (χ1n) is 13.2. The summed E-state index contributed by atoms with van der Waals surface area (Å²) in [6.07, 6.45) is 6.54. The predicted molar refractivity (Wildman–Crippen MR) is 156 cm³/mol. The smallest absolute Gasteiger partial charge is 0.272 e. The van der Waals surface area contributed by atoms with Gasteiger partial charge in [0.15, 0.2) is 5.16 Å². The van der Waals surface area contributed by atoms with Gasteiger partial charge in [-0.05, 0) is 49.9 Å². The van der Waals surface area contributed by atoms with Gasteiger partial charge >= 0.3 is 0 Å². The lowest BCUT2D eigenvalue weighted by Gasteiger charge is -2.22. The van der Waals surface area contributed by atoms with Crippen molar-refractivity contribution in [2.75, 3.05) is 11.1 Å². The molecule has 9 heteroatoms. The number of carbonyl (C=O) groups is 2. The van der Waals surface area contributed by atoms with Crippen molar-refractivity contribution in [2.24, 2.45) is 0 Å². The van der Waals surface area contributed by atoms with Gasteiger partial charge in [0.1, 0.15) is 4.70 Å². The number of fused-ring (bicyclic) bond motifs is 3. The number of nitrogens with zero attached hydrogens (tertiary/aromatic N) is 2. The molecule has 7 nitrogen and oxygen atoms in total. The van der Waals surface area contributed by atoms with Crippen LogP contribution in [0, 0.1) is 6.92 Å². The SMILES string of the molecule is Cc1cccc(NC(=O)CSc2nc3c(sc4ccccc43)c(=O)n2CCCC(=O)NC2CCCCC2)c1. The van der Waals surface area contributed by atoms with E-state index in [1.165, 1.54) is 42.4 Å². The number of rotatable bonds is 9. The summed E-state index contributed by atoms with van der Waals surface area (Å²) in [5, 5.41) is 7.51. The number of thiophene rings is 1. The second kappa shape index (κ2) is 12.1. The molecule has 0 radical (unpaired) electrons. The van der Waals surface area contributed by atoms with Crippen molar-refractivity contribution >= 4 is 60.9 Å². The molecular formula is C29H32N4O3S2. The standard InChI is InChI=1S/C29H32N4O3S2/c1-19-9-7-12-21(17-19)31-25(35)18-37-29-32-26-22-13-5-6-14-23(22)38-27(26)28(36)33(29)16-8-15-24(34)30-20-10-3-2-4-11-20/h5-7,9,12-14,17,20H,2-4,8,10-11,15-16,18H2,1H3,(H,30,34)(H,31,35). The van der Waals surface area contributed by atoms with Crippen LogP contribution < -0.4 is 16.2 Å². The summed E-state index contributed by atoms with van der Waals surface area (Å²) < 4.78 is 3.24. The Kier molecular flexibility index (Phi) is 8.44. The summed E-state index contributed by atoms with van der Waals surface area (Å²) in [7, 11) is 0. The topological polar surface area (TPSA) is 93.1 Å². The largest absolute Gasteiger partial charge is 0.353 e. The molecule has 2 heterocycles. The third-order valence-electron chi connectivity index (χ3n) is 6.84. The van der Waals surface area contributed by atoms with E-state index in [9.17, 15) is 14.4 Å². The van der Waals surface area contributed by atoms with Crippen LogP contribution in [-0.2, 0) is 16.1 Å². The van der Waals surface area contributed by atoms with E-state index in [1.54, 1.807) is 4.57 Å². The molecule has 2 N–H and O–H groups in total. The highest BCUT2D eigenvalue weighted by atomic mass is 32.2. The van der Waals surface area contributed by atoms with Gasteiger partial charge in [0.25, 0.3) is 5.56 Å². The maximum absolute atomic E-state index is 13.6. The third kappa shape index (κ3) is 6.27. The zero-order valence-electron chi connectivity index (χ0n) is 21.5. The fourth-order valence-corrected chi connectivity index (χ4v) is 6.86. The van der Waals surface area contributed by atoms with Crippen LogP contribution in [0.4, 0.5) is 5.69 Å². The number of hydrogen-bond acceptors (Lipinski definition) is 6. The molecule has 2 amide bonds. The van der Waals surface area contributed by atoms with Crippen molar-refractivity contribution in [3.63, 3.8) is 0 Å². The molecule has 38 heavy (non-hydrogen) atoms. The maximum Gasteiger partial charge on any atom is 0.272 e. The zero-order chi connectivity index (χ0) is 26.5. The molecule has 1 fully saturated rings. The molecular weight excluding hydrogens is 516 g/mol. The van der Waals surface area contributed by atoms with E-state index >= 15 is 0 Å². The number of carbonyl (C=O) groups excluding carboxylic acids is 2. The van der Waals surface area contributed by atoms with Crippen molar-refractivity contribution in [3.05, 3.63) is 64.4 Å². The van der Waals surface area contributed by atoms with Gasteiger partial charge in [-0.15, -0.1) is 11.3 Å². The molecule has 198 valence electrons. The number of anilines is 1. The Morgan fingerprint density at radius 3 is 2.71 bits per heavy atom. The van der Waals surface area contributed by atoms with Gasteiger partial charge < -0.3 is 10.6 Å². The highest BCUT2D eigenvalue weighted by Crippen LogP contribution is 2.32. The molecule has 1 saturated carbocycles. The lowest BCUT2D eigenvalue weighted by atomic mass is 9.95. The minimum atomic E-state index is -0.163. The minimum Gasteiger partial charge on any atom is -0.353 e. The molecule has 0 saturated heterocycles. The molecule has 4 aromatic rings.